The number of hydrogen-bond acceptors (Lipinski definition) is 4. The van der Waals surface area contributed by atoms with Crippen molar-refractivity contribution in [1.82, 2.24) is 9.97 Å². The maximum atomic E-state index is 6.12. The Balaban J connectivity index is 1.80. The second kappa shape index (κ2) is 4.47. The van der Waals surface area contributed by atoms with Crippen LogP contribution in [-0.4, -0.2) is 16.6 Å². The van der Waals surface area contributed by atoms with Crippen LogP contribution < -0.4 is 10.5 Å². The first kappa shape index (κ1) is 11.7. The fourth-order valence-corrected chi connectivity index (χ4v) is 3.08. The summed E-state index contributed by atoms with van der Waals surface area (Å²) < 4.78 is 5.54. The Morgan fingerprint density at radius 3 is 2.90 bits per heavy atom. The van der Waals surface area contributed by atoms with E-state index in [0.29, 0.717) is 5.82 Å². The molecule has 20 heavy (non-hydrogen) atoms. The topological polar surface area (TPSA) is 61.0 Å². The van der Waals surface area contributed by atoms with Crippen molar-refractivity contribution in [2.75, 3.05) is 12.3 Å². The van der Waals surface area contributed by atoms with E-state index in [4.69, 9.17) is 15.5 Å². The molecule has 4 rings (SSSR count). The van der Waals surface area contributed by atoms with Crippen molar-refractivity contribution in [1.29, 1.82) is 0 Å². The highest BCUT2D eigenvalue weighted by Gasteiger charge is 2.18. The zero-order valence-corrected chi connectivity index (χ0v) is 11.4. The molecule has 0 radical (unpaired) electrons. The monoisotopic (exact) mass is 267 g/mol. The summed E-state index contributed by atoms with van der Waals surface area (Å²) in [6, 6.07) is 6.16. The average molecular weight is 267 g/mol. The minimum Gasteiger partial charge on any atom is -0.493 e. The van der Waals surface area contributed by atoms with Gasteiger partial charge in [-0.3, -0.25) is 0 Å². The highest BCUT2D eigenvalue weighted by Crippen LogP contribution is 2.31. The number of ether oxygens (including phenoxy) is 1. The molecule has 0 atom stereocenters. The van der Waals surface area contributed by atoms with Crippen LogP contribution in [0.5, 0.6) is 5.75 Å². The molecule has 0 amide bonds. The molecule has 4 heteroatoms. The van der Waals surface area contributed by atoms with Crippen LogP contribution in [-0.2, 0) is 19.3 Å². The van der Waals surface area contributed by atoms with E-state index in [1.807, 2.05) is 12.1 Å². The van der Waals surface area contributed by atoms with Crippen molar-refractivity contribution >= 4 is 5.82 Å². The van der Waals surface area contributed by atoms with Crippen molar-refractivity contribution in [2.45, 2.75) is 32.1 Å². The van der Waals surface area contributed by atoms with Crippen molar-refractivity contribution in [3.8, 4) is 17.1 Å². The molecule has 1 aliphatic heterocycles. The van der Waals surface area contributed by atoms with Gasteiger partial charge in [-0.2, -0.15) is 0 Å². The van der Waals surface area contributed by atoms with Crippen LogP contribution >= 0.6 is 0 Å². The smallest absolute Gasteiger partial charge is 0.161 e. The zero-order chi connectivity index (χ0) is 13.5. The molecule has 1 aromatic heterocycles. The maximum Gasteiger partial charge on any atom is 0.161 e. The van der Waals surface area contributed by atoms with E-state index >= 15 is 0 Å². The molecule has 0 fully saturated rings. The van der Waals surface area contributed by atoms with Gasteiger partial charge >= 0.3 is 0 Å². The highest BCUT2D eigenvalue weighted by atomic mass is 16.5. The van der Waals surface area contributed by atoms with Gasteiger partial charge in [0.25, 0.3) is 0 Å². The van der Waals surface area contributed by atoms with Gasteiger partial charge in [0.1, 0.15) is 11.6 Å². The van der Waals surface area contributed by atoms with E-state index in [1.165, 1.54) is 18.4 Å². The lowest BCUT2D eigenvalue weighted by Crippen LogP contribution is -2.11. The molecule has 4 nitrogen and oxygen atoms in total. The third-order valence-electron chi connectivity index (χ3n) is 4.16. The molecule has 0 bridgehead atoms. The van der Waals surface area contributed by atoms with Gasteiger partial charge in [-0.25, -0.2) is 9.97 Å². The number of fused-ring (bicyclic) bond motifs is 2. The maximum absolute atomic E-state index is 6.12. The standard InChI is InChI=1S/C16H17N3O/c17-15-12-3-1-2-4-13(12)18-16(19-15)11-5-6-14-10(9-11)7-8-20-14/h5-6,9H,1-4,7-8H2,(H2,17,18,19). The largest absolute Gasteiger partial charge is 0.493 e. The van der Waals surface area contributed by atoms with Gasteiger partial charge in [0.05, 0.1) is 6.61 Å². The molecule has 2 aromatic rings. The minimum absolute atomic E-state index is 0.654. The molecule has 2 aliphatic rings. The number of anilines is 1. The molecule has 0 unspecified atom stereocenters. The molecule has 2 heterocycles. The molecule has 102 valence electrons. The van der Waals surface area contributed by atoms with Crippen molar-refractivity contribution < 1.29 is 4.74 Å². The van der Waals surface area contributed by atoms with Gasteiger partial charge in [-0.05, 0) is 49.4 Å². The normalized spacial score (nSPS) is 16.4. The summed E-state index contributed by atoms with van der Waals surface area (Å²) in [6.07, 6.45) is 5.38. The first-order valence-corrected chi connectivity index (χ1v) is 7.22. The lowest BCUT2D eigenvalue weighted by molar-refractivity contribution is 0.357. The number of hydrogen-bond donors (Lipinski definition) is 1. The number of aromatic nitrogens is 2. The lowest BCUT2D eigenvalue weighted by Gasteiger charge is -2.17. The fourth-order valence-electron chi connectivity index (χ4n) is 3.08. The van der Waals surface area contributed by atoms with Crippen LogP contribution in [0.4, 0.5) is 5.82 Å². The first-order valence-electron chi connectivity index (χ1n) is 7.22. The minimum atomic E-state index is 0.654. The quantitative estimate of drug-likeness (QED) is 0.862. The van der Waals surface area contributed by atoms with Gasteiger partial charge in [-0.15, -0.1) is 0 Å². The lowest BCUT2D eigenvalue weighted by atomic mass is 9.96. The molecule has 0 saturated carbocycles. The van der Waals surface area contributed by atoms with Crippen molar-refractivity contribution in [3.05, 3.63) is 35.0 Å². The Morgan fingerprint density at radius 2 is 1.95 bits per heavy atom. The van der Waals surface area contributed by atoms with Crippen LogP contribution in [0, 0.1) is 0 Å². The number of aryl methyl sites for hydroxylation is 1. The van der Waals surface area contributed by atoms with E-state index in [9.17, 15) is 0 Å². The van der Waals surface area contributed by atoms with Crippen molar-refractivity contribution in [3.63, 3.8) is 0 Å². The Kier molecular flexibility index (Phi) is 2.62. The molecule has 1 aliphatic carbocycles. The second-order valence-electron chi connectivity index (χ2n) is 5.49. The molecular formula is C16H17N3O. The highest BCUT2D eigenvalue weighted by molar-refractivity contribution is 5.62. The van der Waals surface area contributed by atoms with Crippen LogP contribution in [0.2, 0.25) is 0 Å². The number of nitrogens with two attached hydrogens (primary N) is 1. The summed E-state index contributed by atoms with van der Waals surface area (Å²) >= 11 is 0. The van der Waals surface area contributed by atoms with Crippen LogP contribution in [0.25, 0.3) is 11.4 Å². The summed E-state index contributed by atoms with van der Waals surface area (Å²) in [6.45, 7) is 0.770. The Labute approximate surface area is 118 Å². The Hall–Kier alpha value is -2.10. The average Bonchev–Trinajstić information content (AvgIpc) is 2.94. The van der Waals surface area contributed by atoms with Crippen LogP contribution in [0.1, 0.15) is 29.7 Å². The number of rotatable bonds is 1. The number of nitrogen functional groups attached to an aromatic ring is 1. The summed E-state index contributed by atoms with van der Waals surface area (Å²) in [5.41, 5.74) is 10.7. The van der Waals surface area contributed by atoms with Crippen molar-refractivity contribution in [2.24, 2.45) is 0 Å². The Bertz CT molecular complexity index is 682. The van der Waals surface area contributed by atoms with E-state index in [1.54, 1.807) is 0 Å². The molecular weight excluding hydrogens is 250 g/mol. The summed E-state index contributed by atoms with van der Waals surface area (Å²) in [5.74, 6) is 2.39. The third-order valence-corrected chi connectivity index (χ3v) is 4.16. The molecule has 2 N–H and O–H groups in total. The van der Waals surface area contributed by atoms with Crippen LogP contribution in [0.15, 0.2) is 18.2 Å². The number of benzene rings is 1. The van der Waals surface area contributed by atoms with E-state index in [2.05, 4.69) is 11.1 Å². The van der Waals surface area contributed by atoms with Gasteiger partial charge in [0, 0.05) is 23.2 Å². The van der Waals surface area contributed by atoms with E-state index in [-0.39, 0.29) is 0 Å². The van der Waals surface area contributed by atoms with E-state index < -0.39 is 0 Å². The zero-order valence-electron chi connectivity index (χ0n) is 11.4. The summed E-state index contributed by atoms with van der Waals surface area (Å²) in [5, 5.41) is 0. The Morgan fingerprint density at radius 1 is 1.05 bits per heavy atom. The fraction of sp³-hybridized carbons (Fsp3) is 0.375. The molecule has 1 aromatic carbocycles. The molecule has 0 spiro atoms. The summed E-state index contributed by atoms with van der Waals surface area (Å²) in [7, 11) is 0. The molecule has 0 saturated heterocycles. The van der Waals surface area contributed by atoms with Gasteiger partial charge < -0.3 is 10.5 Å². The van der Waals surface area contributed by atoms with E-state index in [0.717, 1.165) is 54.3 Å². The third kappa shape index (κ3) is 1.83. The summed E-state index contributed by atoms with van der Waals surface area (Å²) in [4.78, 5) is 9.25. The van der Waals surface area contributed by atoms with Gasteiger partial charge in [0.15, 0.2) is 5.82 Å². The van der Waals surface area contributed by atoms with Crippen LogP contribution in [0.3, 0.4) is 0 Å². The first-order chi connectivity index (χ1) is 9.81. The predicted octanol–water partition coefficient (Wildman–Crippen LogP) is 2.54. The predicted molar refractivity (Wildman–Crippen MR) is 77.7 cm³/mol. The second-order valence-corrected chi connectivity index (χ2v) is 5.49. The number of nitrogens with zero attached hydrogens (tertiary/aromatic N) is 2. The van der Waals surface area contributed by atoms with Gasteiger partial charge in [0.2, 0.25) is 0 Å². The van der Waals surface area contributed by atoms with Gasteiger partial charge in [-0.1, -0.05) is 0 Å². The SMILES string of the molecule is Nc1nc(-c2ccc3c(c2)CCO3)nc2c1CCCC2.